The lowest BCUT2D eigenvalue weighted by Gasteiger charge is -2.32. The standard InChI is InChI=1S/C17H23N5O2S/c1-12(23)21-17-18-8-15(25-17)10-22-5-3-4-13(9-22)6-14-7-16(24-2)20-11-19-14/h7-8,11,13H,3-6,9-10H2,1-2H3,(H,18,21,23)/t13-/m1/s1. The fourth-order valence-electron chi connectivity index (χ4n) is 3.17. The van der Waals surface area contributed by atoms with Gasteiger partial charge in [-0.2, -0.15) is 0 Å². The predicted molar refractivity (Wildman–Crippen MR) is 96.7 cm³/mol. The van der Waals surface area contributed by atoms with Crippen molar-refractivity contribution in [1.82, 2.24) is 19.9 Å². The summed E-state index contributed by atoms with van der Waals surface area (Å²) in [4.78, 5) is 27.4. The molecule has 0 bridgehead atoms. The number of nitrogens with zero attached hydrogens (tertiary/aromatic N) is 4. The highest BCUT2D eigenvalue weighted by Crippen LogP contribution is 2.25. The molecule has 3 heterocycles. The number of nitrogens with one attached hydrogen (secondary N) is 1. The molecular formula is C17H23N5O2S. The molecule has 0 unspecified atom stereocenters. The Balaban J connectivity index is 1.55. The van der Waals surface area contributed by atoms with Gasteiger partial charge in [-0.15, -0.1) is 11.3 Å². The van der Waals surface area contributed by atoms with E-state index in [0.29, 0.717) is 16.9 Å². The molecule has 7 nitrogen and oxygen atoms in total. The van der Waals surface area contributed by atoms with Crippen molar-refractivity contribution in [3.8, 4) is 5.88 Å². The molecule has 3 rings (SSSR count). The molecule has 0 radical (unpaired) electrons. The van der Waals surface area contributed by atoms with Crippen molar-refractivity contribution < 1.29 is 9.53 Å². The highest BCUT2D eigenvalue weighted by molar-refractivity contribution is 7.15. The van der Waals surface area contributed by atoms with Gasteiger partial charge in [0.25, 0.3) is 0 Å². The second-order valence-corrected chi connectivity index (χ2v) is 7.43. The van der Waals surface area contributed by atoms with Crippen molar-refractivity contribution in [1.29, 1.82) is 0 Å². The van der Waals surface area contributed by atoms with Gasteiger partial charge in [-0.05, 0) is 31.7 Å². The summed E-state index contributed by atoms with van der Waals surface area (Å²) in [6, 6.07) is 1.92. The number of amides is 1. The van der Waals surface area contributed by atoms with Crippen LogP contribution in [0.3, 0.4) is 0 Å². The Morgan fingerprint density at radius 2 is 2.32 bits per heavy atom. The number of thiazole rings is 1. The van der Waals surface area contributed by atoms with Crippen LogP contribution in [0.1, 0.15) is 30.3 Å². The van der Waals surface area contributed by atoms with Gasteiger partial charge in [-0.1, -0.05) is 0 Å². The normalized spacial score (nSPS) is 18.1. The number of hydrogen-bond acceptors (Lipinski definition) is 7. The van der Waals surface area contributed by atoms with Gasteiger partial charge in [0, 0.05) is 42.8 Å². The van der Waals surface area contributed by atoms with Gasteiger partial charge in [0.05, 0.1) is 7.11 Å². The highest BCUT2D eigenvalue weighted by atomic mass is 32.1. The van der Waals surface area contributed by atoms with Crippen molar-refractivity contribution >= 4 is 22.4 Å². The number of piperidine rings is 1. The maximum absolute atomic E-state index is 11.1. The molecule has 1 aliphatic heterocycles. The number of carbonyl (C=O) groups excluding carboxylic acids is 1. The van der Waals surface area contributed by atoms with Crippen molar-refractivity contribution in [2.75, 3.05) is 25.5 Å². The minimum atomic E-state index is -0.0841. The molecule has 1 aliphatic rings. The van der Waals surface area contributed by atoms with Crippen LogP contribution in [0.2, 0.25) is 0 Å². The zero-order valence-corrected chi connectivity index (χ0v) is 15.4. The van der Waals surface area contributed by atoms with Crippen LogP contribution in [0.5, 0.6) is 5.88 Å². The zero-order chi connectivity index (χ0) is 17.6. The smallest absolute Gasteiger partial charge is 0.223 e. The van der Waals surface area contributed by atoms with Crippen molar-refractivity contribution in [3.05, 3.63) is 29.2 Å². The number of ether oxygens (including phenoxy) is 1. The Bertz CT molecular complexity index is 721. The fraction of sp³-hybridized carbons (Fsp3) is 0.529. The molecule has 0 aliphatic carbocycles. The number of methoxy groups -OCH3 is 1. The SMILES string of the molecule is COc1cc(C[C@H]2CCCN(Cc3cnc(NC(C)=O)s3)C2)ncn1. The molecule has 134 valence electrons. The van der Waals surface area contributed by atoms with Crippen LogP contribution in [0.15, 0.2) is 18.6 Å². The highest BCUT2D eigenvalue weighted by Gasteiger charge is 2.21. The summed E-state index contributed by atoms with van der Waals surface area (Å²) in [5, 5.41) is 3.41. The molecule has 2 aromatic heterocycles. The van der Waals surface area contributed by atoms with Crippen molar-refractivity contribution in [2.24, 2.45) is 5.92 Å². The molecule has 1 atom stereocenters. The summed E-state index contributed by atoms with van der Waals surface area (Å²) < 4.78 is 5.18. The Hall–Kier alpha value is -2.06. The van der Waals surface area contributed by atoms with E-state index in [4.69, 9.17) is 4.74 Å². The zero-order valence-electron chi connectivity index (χ0n) is 14.6. The van der Waals surface area contributed by atoms with Crippen LogP contribution in [0.4, 0.5) is 5.13 Å². The number of hydrogen-bond donors (Lipinski definition) is 1. The third-order valence-electron chi connectivity index (χ3n) is 4.22. The van der Waals surface area contributed by atoms with E-state index in [-0.39, 0.29) is 5.91 Å². The molecule has 0 spiro atoms. The predicted octanol–water partition coefficient (Wildman–Crippen LogP) is 2.35. The first kappa shape index (κ1) is 17.8. The van der Waals surface area contributed by atoms with Crippen LogP contribution in [0, 0.1) is 5.92 Å². The van der Waals surface area contributed by atoms with E-state index in [9.17, 15) is 4.79 Å². The molecule has 1 saturated heterocycles. The monoisotopic (exact) mass is 361 g/mol. The van der Waals surface area contributed by atoms with Crippen LogP contribution in [-0.2, 0) is 17.8 Å². The second-order valence-electron chi connectivity index (χ2n) is 6.31. The Morgan fingerprint density at radius 1 is 1.44 bits per heavy atom. The quantitative estimate of drug-likeness (QED) is 0.851. The lowest BCUT2D eigenvalue weighted by molar-refractivity contribution is -0.114. The van der Waals surface area contributed by atoms with Crippen LogP contribution in [-0.4, -0.2) is 46.0 Å². The van der Waals surface area contributed by atoms with E-state index in [1.807, 2.05) is 12.3 Å². The molecule has 1 fully saturated rings. The third kappa shape index (κ3) is 5.20. The van der Waals surface area contributed by atoms with E-state index < -0.39 is 0 Å². The summed E-state index contributed by atoms with van der Waals surface area (Å²) in [7, 11) is 1.62. The van der Waals surface area contributed by atoms with E-state index in [0.717, 1.165) is 31.7 Å². The van der Waals surface area contributed by atoms with Gasteiger partial charge < -0.3 is 10.1 Å². The van der Waals surface area contributed by atoms with Crippen LogP contribution >= 0.6 is 11.3 Å². The van der Waals surface area contributed by atoms with E-state index in [1.165, 1.54) is 24.6 Å². The van der Waals surface area contributed by atoms with Crippen LogP contribution in [0.25, 0.3) is 0 Å². The van der Waals surface area contributed by atoms with Crippen molar-refractivity contribution in [3.63, 3.8) is 0 Å². The van der Waals surface area contributed by atoms with E-state index >= 15 is 0 Å². The van der Waals surface area contributed by atoms with Gasteiger partial charge in [0.15, 0.2) is 5.13 Å². The topological polar surface area (TPSA) is 80.2 Å². The van der Waals surface area contributed by atoms with Gasteiger partial charge >= 0.3 is 0 Å². The summed E-state index contributed by atoms with van der Waals surface area (Å²) in [5.41, 5.74) is 1.03. The minimum absolute atomic E-state index is 0.0841. The minimum Gasteiger partial charge on any atom is -0.481 e. The molecule has 2 aromatic rings. The van der Waals surface area contributed by atoms with Crippen LogP contribution < -0.4 is 10.1 Å². The molecule has 0 saturated carbocycles. The number of likely N-dealkylation sites (tertiary alicyclic amines) is 1. The number of rotatable bonds is 6. The Labute approximate surface area is 151 Å². The number of anilines is 1. The van der Waals surface area contributed by atoms with Gasteiger partial charge in [-0.3, -0.25) is 9.69 Å². The number of carbonyl (C=O) groups is 1. The van der Waals surface area contributed by atoms with Gasteiger partial charge in [-0.25, -0.2) is 15.0 Å². The summed E-state index contributed by atoms with van der Waals surface area (Å²) >= 11 is 1.54. The molecule has 8 heteroatoms. The Morgan fingerprint density at radius 3 is 3.12 bits per heavy atom. The summed E-state index contributed by atoms with van der Waals surface area (Å²) in [6.07, 6.45) is 6.76. The Kier molecular flexibility index (Phi) is 5.93. The molecule has 1 amide bonds. The fourth-order valence-corrected chi connectivity index (χ4v) is 4.07. The average Bonchev–Trinajstić information content (AvgIpc) is 3.01. The molecule has 25 heavy (non-hydrogen) atoms. The second kappa shape index (κ2) is 8.35. The molecule has 1 N–H and O–H groups in total. The van der Waals surface area contributed by atoms with Crippen molar-refractivity contribution in [2.45, 2.75) is 32.7 Å². The summed E-state index contributed by atoms with van der Waals surface area (Å²) in [6.45, 7) is 4.51. The lowest BCUT2D eigenvalue weighted by Crippen LogP contribution is -2.35. The molecule has 0 aromatic carbocycles. The van der Waals surface area contributed by atoms with E-state index in [1.54, 1.807) is 24.8 Å². The average molecular weight is 361 g/mol. The van der Waals surface area contributed by atoms with Gasteiger partial charge in [0.2, 0.25) is 11.8 Å². The first-order chi connectivity index (χ1) is 12.1. The van der Waals surface area contributed by atoms with Gasteiger partial charge in [0.1, 0.15) is 6.33 Å². The first-order valence-corrected chi connectivity index (χ1v) is 9.23. The summed E-state index contributed by atoms with van der Waals surface area (Å²) in [5.74, 6) is 1.11. The number of aromatic nitrogens is 3. The largest absolute Gasteiger partial charge is 0.481 e. The third-order valence-corrected chi connectivity index (χ3v) is 5.12. The van der Waals surface area contributed by atoms with E-state index in [2.05, 4.69) is 25.2 Å². The maximum Gasteiger partial charge on any atom is 0.223 e. The molecular weight excluding hydrogens is 338 g/mol. The first-order valence-electron chi connectivity index (χ1n) is 8.42. The maximum atomic E-state index is 11.1. The lowest BCUT2D eigenvalue weighted by atomic mass is 9.93.